The minimum absolute atomic E-state index is 0.700. The molecule has 0 amide bonds. The fourth-order valence-corrected chi connectivity index (χ4v) is 2.61. The maximum atomic E-state index is 5.47. The molecular weight excluding hydrogens is 164 g/mol. The summed E-state index contributed by atoms with van der Waals surface area (Å²) in [5.74, 6) is 6.36. The van der Waals surface area contributed by atoms with Crippen LogP contribution in [0.15, 0.2) is 4.99 Å². The van der Waals surface area contributed by atoms with E-state index in [0.717, 1.165) is 12.5 Å². The Morgan fingerprint density at radius 3 is 2.31 bits per heavy atom. The van der Waals surface area contributed by atoms with Gasteiger partial charge in [-0.3, -0.25) is 10.4 Å². The largest absolute Gasteiger partial charge is 0.336 e. The van der Waals surface area contributed by atoms with E-state index >= 15 is 0 Å². The summed E-state index contributed by atoms with van der Waals surface area (Å²) in [6.07, 6.45) is 5.26. The Morgan fingerprint density at radius 1 is 1.38 bits per heavy atom. The summed E-state index contributed by atoms with van der Waals surface area (Å²) in [6.45, 7) is 2.84. The number of rotatable bonds is 1. The van der Waals surface area contributed by atoms with Crippen LogP contribution in [0.3, 0.4) is 0 Å². The lowest BCUT2D eigenvalue weighted by Crippen LogP contribution is -2.47. The number of nitrogens with zero attached hydrogens (tertiary/aromatic N) is 2. The smallest absolute Gasteiger partial charge is 0.208 e. The number of hydrogen-bond donors (Lipinski definition) is 2. The maximum Gasteiger partial charge on any atom is 0.208 e. The van der Waals surface area contributed by atoms with Crippen molar-refractivity contribution in [1.82, 2.24) is 10.3 Å². The van der Waals surface area contributed by atoms with Crippen molar-refractivity contribution in [3.8, 4) is 0 Å². The highest BCUT2D eigenvalue weighted by Gasteiger charge is 2.40. The Labute approximate surface area is 79.2 Å². The van der Waals surface area contributed by atoms with Gasteiger partial charge < -0.3 is 4.90 Å². The summed E-state index contributed by atoms with van der Waals surface area (Å²) in [6, 6.07) is 1.40. The van der Waals surface area contributed by atoms with Crippen LogP contribution in [0.1, 0.15) is 32.6 Å². The molecule has 2 bridgehead atoms. The normalized spacial score (nSPS) is 32.8. The first-order valence-electron chi connectivity index (χ1n) is 5.16. The van der Waals surface area contributed by atoms with Crippen LogP contribution in [0.5, 0.6) is 0 Å². The number of hydrazine groups is 1. The van der Waals surface area contributed by atoms with Gasteiger partial charge in [0.25, 0.3) is 0 Å². The van der Waals surface area contributed by atoms with Crippen LogP contribution >= 0.6 is 0 Å². The molecule has 2 aliphatic rings. The standard InChI is InChI=1S/C9H18N4/c1-2-11-9(12-10)13-7-3-4-8(13)6-5-7/h7-8H,2-6,10H2,1H3,(H,11,12). The highest BCUT2D eigenvalue weighted by molar-refractivity contribution is 5.80. The molecule has 0 aromatic carbocycles. The lowest BCUT2D eigenvalue weighted by molar-refractivity contribution is 0.383. The predicted molar refractivity (Wildman–Crippen MR) is 53.2 cm³/mol. The molecule has 0 unspecified atom stereocenters. The van der Waals surface area contributed by atoms with Gasteiger partial charge in [0.05, 0.1) is 0 Å². The van der Waals surface area contributed by atoms with Crippen LogP contribution in [-0.2, 0) is 0 Å². The van der Waals surface area contributed by atoms with Gasteiger partial charge in [0.15, 0.2) is 0 Å². The van der Waals surface area contributed by atoms with Crippen molar-refractivity contribution in [3.63, 3.8) is 0 Å². The van der Waals surface area contributed by atoms with E-state index in [-0.39, 0.29) is 0 Å². The molecule has 0 aromatic heterocycles. The molecule has 74 valence electrons. The Morgan fingerprint density at radius 2 is 1.92 bits per heavy atom. The van der Waals surface area contributed by atoms with E-state index < -0.39 is 0 Å². The van der Waals surface area contributed by atoms with Crippen LogP contribution in [0, 0.1) is 0 Å². The number of nitrogens with one attached hydrogen (secondary N) is 1. The van der Waals surface area contributed by atoms with Crippen molar-refractivity contribution < 1.29 is 0 Å². The summed E-state index contributed by atoms with van der Waals surface area (Å²) in [7, 11) is 0. The molecule has 4 heteroatoms. The molecule has 3 N–H and O–H groups in total. The number of aliphatic imine (C=N–C) groups is 1. The topological polar surface area (TPSA) is 53.6 Å². The minimum Gasteiger partial charge on any atom is -0.336 e. The molecule has 0 saturated carbocycles. The van der Waals surface area contributed by atoms with Gasteiger partial charge in [-0.15, -0.1) is 0 Å². The molecule has 0 aliphatic carbocycles. The van der Waals surface area contributed by atoms with Gasteiger partial charge in [0.1, 0.15) is 0 Å². The van der Waals surface area contributed by atoms with Crippen molar-refractivity contribution in [2.45, 2.75) is 44.7 Å². The summed E-state index contributed by atoms with van der Waals surface area (Å²) < 4.78 is 0. The van der Waals surface area contributed by atoms with E-state index in [4.69, 9.17) is 5.84 Å². The van der Waals surface area contributed by atoms with E-state index in [1.54, 1.807) is 0 Å². The van der Waals surface area contributed by atoms with E-state index in [1.165, 1.54) is 25.7 Å². The fraction of sp³-hybridized carbons (Fsp3) is 0.889. The van der Waals surface area contributed by atoms with Gasteiger partial charge in [-0.2, -0.15) is 0 Å². The van der Waals surface area contributed by atoms with Crippen LogP contribution in [-0.4, -0.2) is 29.5 Å². The third-order valence-corrected chi connectivity index (χ3v) is 3.13. The Balaban J connectivity index is 2.11. The number of guanidine groups is 1. The molecule has 2 aliphatic heterocycles. The number of nitrogens with two attached hydrogens (primary N) is 1. The molecule has 2 heterocycles. The zero-order chi connectivity index (χ0) is 9.26. The fourth-order valence-electron chi connectivity index (χ4n) is 2.61. The molecule has 2 fully saturated rings. The Hall–Kier alpha value is -0.770. The minimum atomic E-state index is 0.700. The van der Waals surface area contributed by atoms with Gasteiger partial charge in [-0.25, -0.2) is 5.84 Å². The summed E-state index contributed by atoms with van der Waals surface area (Å²) in [4.78, 5) is 6.75. The maximum absolute atomic E-state index is 5.47. The molecule has 13 heavy (non-hydrogen) atoms. The third kappa shape index (κ3) is 1.39. The van der Waals surface area contributed by atoms with E-state index in [2.05, 4.69) is 15.3 Å². The first kappa shape index (κ1) is 8.81. The van der Waals surface area contributed by atoms with Gasteiger partial charge in [0.2, 0.25) is 5.96 Å². The Kier molecular flexibility index (Phi) is 2.40. The van der Waals surface area contributed by atoms with E-state index in [0.29, 0.717) is 12.1 Å². The average molecular weight is 182 g/mol. The second kappa shape index (κ2) is 3.54. The second-order valence-electron chi connectivity index (χ2n) is 3.81. The zero-order valence-electron chi connectivity index (χ0n) is 8.16. The number of fused-ring (bicyclic) bond motifs is 2. The van der Waals surface area contributed by atoms with Crippen molar-refractivity contribution in [3.05, 3.63) is 0 Å². The van der Waals surface area contributed by atoms with Crippen LogP contribution in [0.25, 0.3) is 0 Å². The molecule has 0 atom stereocenters. The van der Waals surface area contributed by atoms with Gasteiger partial charge in [-0.05, 0) is 32.6 Å². The van der Waals surface area contributed by atoms with E-state index in [1.807, 2.05) is 6.92 Å². The first-order valence-corrected chi connectivity index (χ1v) is 5.16. The van der Waals surface area contributed by atoms with Crippen molar-refractivity contribution in [2.24, 2.45) is 10.8 Å². The molecule has 2 rings (SSSR count). The van der Waals surface area contributed by atoms with Crippen molar-refractivity contribution in [1.29, 1.82) is 0 Å². The van der Waals surface area contributed by atoms with Crippen molar-refractivity contribution >= 4 is 5.96 Å². The highest BCUT2D eigenvalue weighted by atomic mass is 15.4. The molecular formula is C9H18N4. The molecule has 0 aromatic rings. The lowest BCUT2D eigenvalue weighted by atomic mass is 10.0. The quantitative estimate of drug-likeness (QED) is 0.268. The van der Waals surface area contributed by atoms with Gasteiger partial charge >= 0.3 is 0 Å². The highest BCUT2D eigenvalue weighted by Crippen LogP contribution is 2.37. The van der Waals surface area contributed by atoms with Gasteiger partial charge in [-0.1, -0.05) is 0 Å². The van der Waals surface area contributed by atoms with Crippen molar-refractivity contribution in [2.75, 3.05) is 6.54 Å². The van der Waals surface area contributed by atoms with Crippen LogP contribution in [0.2, 0.25) is 0 Å². The second-order valence-corrected chi connectivity index (χ2v) is 3.81. The SMILES string of the molecule is CCN=C(NN)N1C2CCC1CC2. The average Bonchev–Trinajstić information content (AvgIpc) is 2.73. The summed E-state index contributed by atoms with van der Waals surface area (Å²) in [5.41, 5.74) is 2.72. The van der Waals surface area contributed by atoms with Crippen LogP contribution in [0.4, 0.5) is 0 Å². The predicted octanol–water partition coefficient (Wildman–Crippen LogP) is 0.452. The Bertz CT molecular complexity index is 194. The first-order chi connectivity index (χ1) is 6.36. The number of hydrogen-bond acceptors (Lipinski definition) is 2. The monoisotopic (exact) mass is 182 g/mol. The summed E-state index contributed by atoms with van der Waals surface area (Å²) in [5, 5.41) is 0. The molecule has 4 nitrogen and oxygen atoms in total. The van der Waals surface area contributed by atoms with E-state index in [9.17, 15) is 0 Å². The van der Waals surface area contributed by atoms with Crippen LogP contribution < -0.4 is 11.3 Å². The summed E-state index contributed by atoms with van der Waals surface area (Å²) >= 11 is 0. The lowest BCUT2D eigenvalue weighted by Gasteiger charge is -2.25. The molecule has 0 radical (unpaired) electrons. The molecule has 2 saturated heterocycles. The van der Waals surface area contributed by atoms with Gasteiger partial charge in [0, 0.05) is 18.6 Å². The third-order valence-electron chi connectivity index (χ3n) is 3.13. The molecule has 0 spiro atoms. The zero-order valence-corrected chi connectivity index (χ0v) is 8.16.